The van der Waals surface area contributed by atoms with Gasteiger partial charge in [0.05, 0.1) is 11.8 Å². The van der Waals surface area contributed by atoms with E-state index in [0.717, 1.165) is 42.2 Å². The number of carbonyl (C=O) groups excluding carboxylic acids is 1. The SMILES string of the molecule is CC(C#N)(NC(=O)CSc1nnc(-c2cccnc2)n1C1CC1)C1CC1. The van der Waals surface area contributed by atoms with Crippen LogP contribution >= 0.6 is 11.8 Å². The predicted octanol–water partition coefficient (Wildman–Crippen LogP) is 2.58. The number of carbonyl (C=O) groups is 1. The quantitative estimate of drug-likeness (QED) is 0.755. The monoisotopic (exact) mass is 368 g/mol. The molecule has 0 aliphatic heterocycles. The zero-order chi connectivity index (χ0) is 18.1. The van der Waals surface area contributed by atoms with E-state index in [4.69, 9.17) is 0 Å². The molecule has 2 heterocycles. The molecule has 2 saturated carbocycles. The van der Waals surface area contributed by atoms with Crippen molar-refractivity contribution in [1.29, 1.82) is 5.26 Å². The molecule has 1 unspecified atom stereocenters. The summed E-state index contributed by atoms with van der Waals surface area (Å²) in [7, 11) is 0. The lowest BCUT2D eigenvalue weighted by Gasteiger charge is -2.22. The van der Waals surface area contributed by atoms with Gasteiger partial charge in [-0.1, -0.05) is 11.8 Å². The summed E-state index contributed by atoms with van der Waals surface area (Å²) in [5.74, 6) is 1.15. The molecular weight excluding hydrogens is 348 g/mol. The van der Waals surface area contributed by atoms with E-state index >= 15 is 0 Å². The number of aromatic nitrogens is 4. The minimum atomic E-state index is -0.761. The van der Waals surface area contributed by atoms with Crippen LogP contribution in [0.25, 0.3) is 11.4 Å². The Bertz CT molecular complexity index is 852. The first kappa shape index (κ1) is 17.0. The maximum atomic E-state index is 12.3. The molecule has 2 aromatic rings. The highest BCUT2D eigenvalue weighted by atomic mass is 32.2. The second-order valence-electron chi connectivity index (χ2n) is 7.07. The minimum absolute atomic E-state index is 0.140. The molecule has 7 nitrogen and oxygen atoms in total. The minimum Gasteiger partial charge on any atom is -0.337 e. The zero-order valence-corrected chi connectivity index (χ0v) is 15.4. The molecule has 0 aromatic carbocycles. The van der Waals surface area contributed by atoms with Gasteiger partial charge < -0.3 is 5.32 Å². The molecule has 8 heteroatoms. The van der Waals surface area contributed by atoms with Gasteiger partial charge in [-0.2, -0.15) is 5.26 Å². The second kappa shape index (κ2) is 6.72. The van der Waals surface area contributed by atoms with Crippen molar-refractivity contribution in [2.24, 2.45) is 5.92 Å². The second-order valence-corrected chi connectivity index (χ2v) is 8.02. The molecule has 2 aliphatic carbocycles. The van der Waals surface area contributed by atoms with Gasteiger partial charge in [0.1, 0.15) is 5.54 Å². The zero-order valence-electron chi connectivity index (χ0n) is 14.6. The van der Waals surface area contributed by atoms with Crippen LogP contribution in [0, 0.1) is 17.2 Å². The molecule has 1 amide bonds. The van der Waals surface area contributed by atoms with E-state index in [2.05, 4.69) is 31.1 Å². The molecule has 26 heavy (non-hydrogen) atoms. The summed E-state index contributed by atoms with van der Waals surface area (Å²) in [5.41, 5.74) is 0.164. The fraction of sp³-hybridized carbons (Fsp3) is 0.500. The summed E-state index contributed by atoms with van der Waals surface area (Å²) in [5, 5.41) is 21.6. The Morgan fingerprint density at radius 3 is 2.85 bits per heavy atom. The van der Waals surface area contributed by atoms with Crippen LogP contribution in [0.15, 0.2) is 29.7 Å². The van der Waals surface area contributed by atoms with E-state index < -0.39 is 5.54 Å². The van der Waals surface area contributed by atoms with Gasteiger partial charge in [0.2, 0.25) is 5.91 Å². The molecule has 1 atom stereocenters. The van der Waals surface area contributed by atoms with Crippen molar-refractivity contribution in [2.75, 3.05) is 5.75 Å². The lowest BCUT2D eigenvalue weighted by atomic mass is 9.98. The predicted molar refractivity (Wildman–Crippen MR) is 97.1 cm³/mol. The first-order chi connectivity index (χ1) is 12.6. The van der Waals surface area contributed by atoms with Crippen LogP contribution in [0.4, 0.5) is 0 Å². The molecule has 0 radical (unpaired) electrons. The van der Waals surface area contributed by atoms with Gasteiger partial charge in [0.15, 0.2) is 11.0 Å². The molecule has 0 bridgehead atoms. The maximum Gasteiger partial charge on any atom is 0.231 e. The van der Waals surface area contributed by atoms with Crippen LogP contribution in [-0.2, 0) is 4.79 Å². The third-order valence-electron chi connectivity index (χ3n) is 4.85. The average Bonchev–Trinajstić information content (AvgIpc) is 3.58. The van der Waals surface area contributed by atoms with Crippen LogP contribution in [0.1, 0.15) is 38.6 Å². The molecule has 134 valence electrons. The first-order valence-corrected chi connectivity index (χ1v) is 9.79. The van der Waals surface area contributed by atoms with Crippen LogP contribution in [0.5, 0.6) is 0 Å². The number of nitrogens with zero attached hydrogens (tertiary/aromatic N) is 5. The van der Waals surface area contributed by atoms with Crippen molar-refractivity contribution in [3.05, 3.63) is 24.5 Å². The molecule has 2 fully saturated rings. The van der Waals surface area contributed by atoms with E-state index in [1.807, 2.05) is 12.1 Å². The third-order valence-corrected chi connectivity index (χ3v) is 5.80. The molecule has 2 aliphatic rings. The summed E-state index contributed by atoms with van der Waals surface area (Å²) >= 11 is 1.37. The van der Waals surface area contributed by atoms with E-state index in [1.165, 1.54) is 11.8 Å². The van der Waals surface area contributed by atoms with E-state index in [1.54, 1.807) is 19.3 Å². The number of amides is 1. The van der Waals surface area contributed by atoms with Gasteiger partial charge in [0.25, 0.3) is 0 Å². The summed E-state index contributed by atoms with van der Waals surface area (Å²) < 4.78 is 2.11. The number of pyridine rings is 1. The van der Waals surface area contributed by atoms with Crippen molar-refractivity contribution in [3.63, 3.8) is 0 Å². The normalized spacial score (nSPS) is 18.8. The van der Waals surface area contributed by atoms with Gasteiger partial charge in [-0.3, -0.25) is 14.3 Å². The van der Waals surface area contributed by atoms with Crippen LogP contribution in [-0.4, -0.2) is 36.9 Å². The Balaban J connectivity index is 1.46. The lowest BCUT2D eigenvalue weighted by molar-refractivity contribution is -0.119. The van der Waals surface area contributed by atoms with Gasteiger partial charge >= 0.3 is 0 Å². The van der Waals surface area contributed by atoms with Gasteiger partial charge in [-0.15, -0.1) is 10.2 Å². The van der Waals surface area contributed by atoms with Crippen molar-refractivity contribution >= 4 is 17.7 Å². The lowest BCUT2D eigenvalue weighted by Crippen LogP contribution is -2.47. The molecule has 0 spiro atoms. The van der Waals surface area contributed by atoms with Crippen molar-refractivity contribution < 1.29 is 4.79 Å². The Morgan fingerprint density at radius 1 is 1.42 bits per heavy atom. The van der Waals surface area contributed by atoms with Crippen molar-refractivity contribution in [2.45, 2.75) is 49.3 Å². The van der Waals surface area contributed by atoms with E-state index in [-0.39, 0.29) is 17.6 Å². The molecule has 1 N–H and O–H groups in total. The highest BCUT2D eigenvalue weighted by Gasteiger charge is 2.43. The third kappa shape index (κ3) is 3.44. The van der Waals surface area contributed by atoms with Gasteiger partial charge in [0, 0.05) is 24.0 Å². The molecular formula is C18H20N6OS. The summed E-state index contributed by atoms with van der Waals surface area (Å²) in [6, 6.07) is 6.48. The highest BCUT2D eigenvalue weighted by molar-refractivity contribution is 7.99. The summed E-state index contributed by atoms with van der Waals surface area (Å²) in [6.07, 6.45) is 7.70. The standard InChI is InChI=1S/C18H20N6OS/c1-18(11-19,13-4-5-13)21-15(25)10-26-17-23-22-16(24(17)14-6-7-14)12-3-2-8-20-9-12/h2-3,8-9,13-14H,4-7,10H2,1H3,(H,21,25). The molecule has 2 aromatic heterocycles. The fourth-order valence-electron chi connectivity index (χ4n) is 3.07. The fourth-order valence-corrected chi connectivity index (χ4v) is 3.87. The average molecular weight is 368 g/mol. The van der Waals surface area contributed by atoms with Crippen molar-refractivity contribution in [3.8, 4) is 17.5 Å². The summed E-state index contributed by atoms with van der Waals surface area (Å²) in [4.78, 5) is 16.5. The number of hydrogen-bond donors (Lipinski definition) is 1. The molecule has 4 rings (SSSR count). The summed E-state index contributed by atoms with van der Waals surface area (Å²) in [6.45, 7) is 1.81. The Morgan fingerprint density at radius 2 is 2.23 bits per heavy atom. The number of nitriles is 1. The van der Waals surface area contributed by atoms with E-state index in [9.17, 15) is 10.1 Å². The topological polar surface area (TPSA) is 96.5 Å². The maximum absolute atomic E-state index is 12.3. The van der Waals surface area contributed by atoms with E-state index in [0.29, 0.717) is 6.04 Å². The van der Waals surface area contributed by atoms with Crippen molar-refractivity contribution in [1.82, 2.24) is 25.1 Å². The molecule has 0 saturated heterocycles. The number of hydrogen-bond acceptors (Lipinski definition) is 6. The van der Waals surface area contributed by atoms with Gasteiger partial charge in [-0.25, -0.2) is 0 Å². The first-order valence-electron chi connectivity index (χ1n) is 8.81. The number of nitrogens with one attached hydrogen (secondary N) is 1. The highest BCUT2D eigenvalue weighted by Crippen LogP contribution is 2.41. The Hall–Kier alpha value is -2.40. The number of rotatable bonds is 7. The Kier molecular flexibility index (Phi) is 4.41. The Labute approximate surface area is 156 Å². The van der Waals surface area contributed by atoms with Gasteiger partial charge in [-0.05, 0) is 50.7 Å². The smallest absolute Gasteiger partial charge is 0.231 e. The largest absolute Gasteiger partial charge is 0.337 e. The van der Waals surface area contributed by atoms with Crippen LogP contribution < -0.4 is 5.32 Å². The number of thioether (sulfide) groups is 1. The van der Waals surface area contributed by atoms with Crippen LogP contribution in [0.2, 0.25) is 0 Å². The van der Waals surface area contributed by atoms with Crippen LogP contribution in [0.3, 0.4) is 0 Å².